The Morgan fingerprint density at radius 2 is 1.89 bits per heavy atom. The molecule has 1 aromatic heterocycles. The Bertz CT molecular complexity index is 805. The first-order chi connectivity index (χ1) is 13.1. The maximum Gasteiger partial charge on any atom is 0.233 e. The number of para-hydroxylation sites is 2. The molecule has 1 aliphatic heterocycles. The van der Waals surface area contributed by atoms with Crippen LogP contribution in [0.25, 0.3) is 0 Å². The summed E-state index contributed by atoms with van der Waals surface area (Å²) in [5.74, 6) is 1.14. The van der Waals surface area contributed by atoms with Crippen molar-refractivity contribution < 1.29 is 14.3 Å². The topological polar surface area (TPSA) is 87.7 Å². The number of carbonyl (C=O) groups excluding carboxylic acids is 2. The smallest absolute Gasteiger partial charge is 0.233 e. The first-order valence-corrected chi connectivity index (χ1v) is 10.3. The average molecular weight is 408 g/mol. The van der Waals surface area contributed by atoms with Gasteiger partial charge in [0.1, 0.15) is 5.75 Å². The van der Waals surface area contributed by atoms with E-state index in [1.165, 1.54) is 23.1 Å². The van der Waals surface area contributed by atoms with Crippen LogP contribution in [0.1, 0.15) is 6.92 Å². The van der Waals surface area contributed by atoms with Crippen molar-refractivity contribution in [2.45, 2.75) is 11.3 Å². The molecule has 144 valence electrons. The number of ether oxygens (including phenoxy) is 1. The molecule has 2 amide bonds. The van der Waals surface area contributed by atoms with Crippen LogP contribution in [-0.4, -0.2) is 70.9 Å². The van der Waals surface area contributed by atoms with Gasteiger partial charge in [-0.3, -0.25) is 9.59 Å². The highest BCUT2D eigenvalue weighted by atomic mass is 32.2. The molecule has 3 rings (SSSR count). The van der Waals surface area contributed by atoms with E-state index in [9.17, 15) is 9.59 Å². The van der Waals surface area contributed by atoms with Crippen molar-refractivity contribution in [2.75, 3.05) is 44.4 Å². The van der Waals surface area contributed by atoms with Crippen molar-refractivity contribution >= 4 is 45.7 Å². The van der Waals surface area contributed by atoms with E-state index in [-0.39, 0.29) is 11.8 Å². The summed E-state index contributed by atoms with van der Waals surface area (Å²) in [6.45, 7) is 3.90. The van der Waals surface area contributed by atoms with Crippen molar-refractivity contribution in [1.82, 2.24) is 20.0 Å². The van der Waals surface area contributed by atoms with Gasteiger partial charge in [0.05, 0.1) is 18.6 Å². The highest BCUT2D eigenvalue weighted by molar-refractivity contribution is 8.01. The molecule has 0 radical (unpaired) electrons. The summed E-state index contributed by atoms with van der Waals surface area (Å²) in [4.78, 5) is 27.3. The van der Waals surface area contributed by atoms with Crippen LogP contribution in [0, 0.1) is 0 Å². The lowest BCUT2D eigenvalue weighted by molar-refractivity contribution is -0.136. The molecule has 0 spiro atoms. The summed E-state index contributed by atoms with van der Waals surface area (Å²) in [6.07, 6.45) is 0. The third-order valence-electron chi connectivity index (χ3n) is 4.15. The van der Waals surface area contributed by atoms with E-state index >= 15 is 0 Å². The standard InChI is InChI=1S/C17H21N5O3S2/c1-12(23)21-7-9-22(10-8-21)15(24)11-26-17-20-19-16(27-17)18-13-5-3-4-6-14(13)25-2/h3-6H,7-11H2,1-2H3,(H,18,19). The van der Waals surface area contributed by atoms with Gasteiger partial charge in [-0.25, -0.2) is 0 Å². The molecule has 8 nitrogen and oxygen atoms in total. The monoisotopic (exact) mass is 407 g/mol. The normalized spacial score (nSPS) is 14.1. The van der Waals surface area contributed by atoms with Crippen molar-refractivity contribution in [2.24, 2.45) is 0 Å². The molecule has 0 saturated carbocycles. The number of rotatable bonds is 6. The second-order valence-electron chi connectivity index (χ2n) is 5.87. The van der Waals surface area contributed by atoms with E-state index in [1.54, 1.807) is 23.8 Å². The Kier molecular flexibility index (Phi) is 6.51. The molecule has 2 heterocycles. The maximum absolute atomic E-state index is 12.4. The van der Waals surface area contributed by atoms with Crippen LogP contribution in [0.4, 0.5) is 10.8 Å². The molecule has 1 aromatic carbocycles. The van der Waals surface area contributed by atoms with Gasteiger partial charge in [0.15, 0.2) is 4.34 Å². The maximum atomic E-state index is 12.4. The molecular weight excluding hydrogens is 386 g/mol. The average Bonchev–Trinajstić information content (AvgIpc) is 3.14. The number of piperazine rings is 1. The number of amides is 2. The van der Waals surface area contributed by atoms with Crippen LogP contribution >= 0.6 is 23.1 Å². The molecule has 0 atom stereocenters. The van der Waals surface area contributed by atoms with Gasteiger partial charge in [0.2, 0.25) is 16.9 Å². The van der Waals surface area contributed by atoms with Gasteiger partial charge < -0.3 is 19.9 Å². The third-order valence-corrected chi connectivity index (χ3v) is 6.11. The molecular formula is C17H21N5O3S2. The molecule has 1 N–H and O–H groups in total. The molecule has 0 unspecified atom stereocenters. The number of methoxy groups -OCH3 is 1. The van der Waals surface area contributed by atoms with E-state index in [2.05, 4.69) is 15.5 Å². The molecule has 27 heavy (non-hydrogen) atoms. The fourth-order valence-electron chi connectivity index (χ4n) is 2.67. The first kappa shape index (κ1) is 19.4. The van der Waals surface area contributed by atoms with Crippen molar-refractivity contribution in [3.63, 3.8) is 0 Å². The lowest BCUT2D eigenvalue weighted by atomic mass is 10.3. The molecule has 10 heteroatoms. The quantitative estimate of drug-likeness (QED) is 0.734. The van der Waals surface area contributed by atoms with Gasteiger partial charge in [0.25, 0.3) is 0 Å². The van der Waals surface area contributed by atoms with E-state index in [1.807, 2.05) is 24.3 Å². The van der Waals surface area contributed by atoms with E-state index in [4.69, 9.17) is 4.74 Å². The second-order valence-corrected chi connectivity index (χ2v) is 8.07. The second kappa shape index (κ2) is 9.05. The molecule has 0 aliphatic carbocycles. The summed E-state index contributed by atoms with van der Waals surface area (Å²) in [5, 5.41) is 12.1. The van der Waals surface area contributed by atoms with Gasteiger partial charge in [-0.2, -0.15) is 0 Å². The number of thioether (sulfide) groups is 1. The lowest BCUT2D eigenvalue weighted by Crippen LogP contribution is -2.50. The number of nitrogens with one attached hydrogen (secondary N) is 1. The molecule has 1 saturated heterocycles. The van der Waals surface area contributed by atoms with E-state index in [0.717, 1.165) is 15.8 Å². The Morgan fingerprint density at radius 3 is 2.59 bits per heavy atom. The Balaban J connectivity index is 1.50. The molecule has 1 fully saturated rings. The van der Waals surface area contributed by atoms with Gasteiger partial charge in [-0.15, -0.1) is 10.2 Å². The summed E-state index contributed by atoms with van der Waals surface area (Å²) in [5.41, 5.74) is 0.812. The minimum absolute atomic E-state index is 0.0534. The van der Waals surface area contributed by atoms with E-state index in [0.29, 0.717) is 37.1 Å². The fraction of sp³-hybridized carbons (Fsp3) is 0.412. The zero-order valence-corrected chi connectivity index (χ0v) is 16.8. The number of nitrogens with zero attached hydrogens (tertiary/aromatic N) is 4. The predicted octanol–water partition coefficient (Wildman–Crippen LogP) is 2.07. The zero-order chi connectivity index (χ0) is 19.2. The SMILES string of the molecule is COc1ccccc1Nc1nnc(SCC(=O)N2CCN(C(C)=O)CC2)s1. The lowest BCUT2D eigenvalue weighted by Gasteiger charge is -2.34. The number of carbonyl (C=O) groups is 2. The Labute approximate surface area is 165 Å². The number of hydrogen-bond acceptors (Lipinski definition) is 8. The third kappa shape index (κ3) is 5.10. The van der Waals surface area contributed by atoms with Gasteiger partial charge in [-0.1, -0.05) is 35.2 Å². The van der Waals surface area contributed by atoms with Gasteiger partial charge in [0, 0.05) is 33.1 Å². The highest BCUT2D eigenvalue weighted by Crippen LogP contribution is 2.31. The van der Waals surface area contributed by atoms with Crippen molar-refractivity contribution in [1.29, 1.82) is 0 Å². The summed E-state index contributed by atoms with van der Waals surface area (Å²) in [6, 6.07) is 7.57. The summed E-state index contributed by atoms with van der Waals surface area (Å²) >= 11 is 2.76. The fourth-order valence-corrected chi connectivity index (χ4v) is 4.33. The van der Waals surface area contributed by atoms with Crippen LogP contribution in [0.3, 0.4) is 0 Å². The molecule has 2 aromatic rings. The highest BCUT2D eigenvalue weighted by Gasteiger charge is 2.22. The first-order valence-electron chi connectivity index (χ1n) is 8.46. The van der Waals surface area contributed by atoms with Crippen molar-refractivity contribution in [3.8, 4) is 5.75 Å². The van der Waals surface area contributed by atoms with E-state index < -0.39 is 0 Å². The van der Waals surface area contributed by atoms with Crippen LogP contribution in [0.5, 0.6) is 5.75 Å². The zero-order valence-electron chi connectivity index (χ0n) is 15.2. The molecule has 0 bridgehead atoms. The number of aromatic nitrogens is 2. The van der Waals surface area contributed by atoms with Crippen LogP contribution in [-0.2, 0) is 9.59 Å². The number of anilines is 2. The summed E-state index contributed by atoms with van der Waals surface area (Å²) in [7, 11) is 1.61. The Morgan fingerprint density at radius 1 is 1.19 bits per heavy atom. The van der Waals surface area contributed by atoms with Crippen LogP contribution in [0.15, 0.2) is 28.6 Å². The summed E-state index contributed by atoms with van der Waals surface area (Å²) < 4.78 is 6.03. The minimum Gasteiger partial charge on any atom is -0.495 e. The molecule has 1 aliphatic rings. The van der Waals surface area contributed by atoms with Crippen molar-refractivity contribution in [3.05, 3.63) is 24.3 Å². The predicted molar refractivity (Wildman–Crippen MR) is 106 cm³/mol. The van der Waals surface area contributed by atoms with Gasteiger partial charge in [-0.05, 0) is 12.1 Å². The Hall–Kier alpha value is -2.33. The van der Waals surface area contributed by atoms with Gasteiger partial charge >= 0.3 is 0 Å². The number of benzene rings is 1. The van der Waals surface area contributed by atoms with Crippen LogP contribution in [0.2, 0.25) is 0 Å². The number of hydrogen-bond donors (Lipinski definition) is 1. The minimum atomic E-state index is 0.0534. The van der Waals surface area contributed by atoms with Crippen LogP contribution < -0.4 is 10.1 Å². The largest absolute Gasteiger partial charge is 0.495 e.